The van der Waals surface area contributed by atoms with Crippen molar-refractivity contribution in [3.8, 4) is 39.6 Å². The molecule has 0 aliphatic heterocycles. The molecule has 3 aromatic rings. The van der Waals surface area contributed by atoms with Gasteiger partial charge in [-0.1, -0.05) is 37.6 Å². The number of aliphatic carboxylic acids is 1. The third-order valence-corrected chi connectivity index (χ3v) is 6.86. The van der Waals surface area contributed by atoms with Gasteiger partial charge >= 0.3 is 5.97 Å². The van der Waals surface area contributed by atoms with E-state index in [1.165, 1.54) is 0 Å². The fourth-order valence-corrected chi connectivity index (χ4v) is 4.50. The molecule has 0 aliphatic carbocycles. The molecule has 0 aliphatic rings. The van der Waals surface area contributed by atoms with Gasteiger partial charge in [0.05, 0.1) is 43.5 Å². The first-order chi connectivity index (χ1) is 19.5. The molecular weight excluding hydrogens is 546 g/mol. The molecule has 0 bridgehead atoms. The summed E-state index contributed by atoms with van der Waals surface area (Å²) in [6.45, 7) is 5.06. The van der Waals surface area contributed by atoms with Crippen molar-refractivity contribution < 1.29 is 28.9 Å². The van der Waals surface area contributed by atoms with Crippen LogP contribution < -0.4 is 19.5 Å². The normalized spacial score (nSPS) is 11.8. The first-order valence-electron chi connectivity index (χ1n) is 13.4. The minimum Gasteiger partial charge on any atom is -0.496 e. The molecule has 2 N–H and O–H groups in total. The van der Waals surface area contributed by atoms with E-state index in [2.05, 4.69) is 10.2 Å². The number of carboxylic acids is 1. The van der Waals surface area contributed by atoms with Crippen molar-refractivity contribution in [3.05, 3.63) is 59.2 Å². The number of nitrogens with one attached hydrogen (secondary N) is 1. The summed E-state index contributed by atoms with van der Waals surface area (Å²) in [5, 5.41) is 12.6. The number of hydrogen-bond acceptors (Lipinski definition) is 7. The number of pyridine rings is 1. The maximum Gasteiger partial charge on any atom is 0.305 e. The summed E-state index contributed by atoms with van der Waals surface area (Å²) in [7, 11) is 7.15. The Kier molecular flexibility index (Phi) is 11.4. The Hall–Kier alpha value is -3.82. The van der Waals surface area contributed by atoms with Gasteiger partial charge < -0.3 is 29.5 Å². The van der Waals surface area contributed by atoms with E-state index in [9.17, 15) is 14.7 Å². The third kappa shape index (κ3) is 8.34. The number of nitrogens with zero attached hydrogens (tertiary/aromatic N) is 2. The van der Waals surface area contributed by atoms with Crippen molar-refractivity contribution in [1.29, 1.82) is 0 Å². The molecule has 2 aromatic carbocycles. The Labute approximate surface area is 246 Å². The number of rotatable bonds is 14. The highest BCUT2D eigenvalue weighted by Gasteiger charge is 2.24. The summed E-state index contributed by atoms with van der Waals surface area (Å²) in [6.07, 6.45) is 0.622. The summed E-state index contributed by atoms with van der Waals surface area (Å²) >= 11 is 6.48. The fourth-order valence-electron chi connectivity index (χ4n) is 4.33. The lowest BCUT2D eigenvalue weighted by molar-refractivity contribution is -0.137. The maximum absolute atomic E-state index is 13.3. The smallest absolute Gasteiger partial charge is 0.305 e. The van der Waals surface area contributed by atoms with Crippen LogP contribution in [0, 0.1) is 5.92 Å². The van der Waals surface area contributed by atoms with Crippen molar-refractivity contribution in [2.45, 2.75) is 32.7 Å². The van der Waals surface area contributed by atoms with Crippen LogP contribution in [0.5, 0.6) is 17.2 Å². The number of carbonyl (C=O) groups excluding carboxylic acids is 1. The van der Waals surface area contributed by atoms with E-state index in [1.807, 2.05) is 52.2 Å². The van der Waals surface area contributed by atoms with E-state index in [-0.39, 0.29) is 18.0 Å². The van der Waals surface area contributed by atoms with Gasteiger partial charge in [-0.25, -0.2) is 4.98 Å². The zero-order valence-electron chi connectivity index (χ0n) is 24.4. The molecule has 10 heteroatoms. The lowest BCUT2D eigenvalue weighted by Crippen LogP contribution is -2.40. The summed E-state index contributed by atoms with van der Waals surface area (Å²) in [6, 6.07) is 13.6. The second kappa shape index (κ2) is 14.7. The number of ether oxygens (including phenoxy) is 3. The molecule has 0 saturated heterocycles. The number of carbonyl (C=O) groups is 2. The van der Waals surface area contributed by atoms with Crippen LogP contribution in [0.25, 0.3) is 22.4 Å². The van der Waals surface area contributed by atoms with Crippen molar-refractivity contribution in [2.75, 3.05) is 41.5 Å². The lowest BCUT2D eigenvalue weighted by atomic mass is 9.96. The van der Waals surface area contributed by atoms with E-state index < -0.39 is 17.9 Å². The van der Waals surface area contributed by atoms with Gasteiger partial charge in [-0.05, 0) is 62.8 Å². The van der Waals surface area contributed by atoms with Crippen molar-refractivity contribution in [1.82, 2.24) is 15.2 Å². The average Bonchev–Trinajstić information content (AvgIpc) is 2.94. The van der Waals surface area contributed by atoms with Gasteiger partial charge in [0.1, 0.15) is 22.9 Å². The highest BCUT2D eigenvalue weighted by Crippen LogP contribution is 2.43. The molecule has 220 valence electrons. The van der Waals surface area contributed by atoms with Gasteiger partial charge in [-0.2, -0.15) is 0 Å². The molecular formula is C31H38ClN3O6. The van der Waals surface area contributed by atoms with E-state index in [0.29, 0.717) is 51.3 Å². The number of halogens is 1. The van der Waals surface area contributed by atoms with Crippen LogP contribution in [0.15, 0.2) is 48.5 Å². The molecule has 1 atom stereocenters. The van der Waals surface area contributed by atoms with Gasteiger partial charge in [0.15, 0.2) is 0 Å². The molecule has 1 amide bonds. The zero-order valence-corrected chi connectivity index (χ0v) is 25.1. The standard InChI is InChI=1S/C31H38ClN3O6/c1-19(2)24(18-28(36)37)34-31(38)23-14-12-21(29-25(39-5)9-7-10-26(29)40-6)30(33-23)20-11-13-22(32)27(17-20)41-16-8-15-35(3)4/h7,9-14,17,19,24H,8,15-16,18H2,1-6H3,(H,34,38)(H,36,37). The van der Waals surface area contributed by atoms with Crippen LogP contribution in [0.3, 0.4) is 0 Å². The first-order valence-corrected chi connectivity index (χ1v) is 13.8. The average molecular weight is 584 g/mol. The fraction of sp³-hybridized carbons (Fsp3) is 0.387. The quantitative estimate of drug-likeness (QED) is 0.234. The molecule has 1 aromatic heterocycles. The third-order valence-electron chi connectivity index (χ3n) is 6.55. The van der Waals surface area contributed by atoms with Crippen molar-refractivity contribution in [2.24, 2.45) is 5.92 Å². The number of carboxylic acid groups (broad SMARTS) is 1. The van der Waals surface area contributed by atoms with Crippen molar-refractivity contribution >= 4 is 23.5 Å². The molecule has 0 saturated carbocycles. The molecule has 1 heterocycles. The molecule has 0 spiro atoms. The van der Waals surface area contributed by atoms with Gasteiger partial charge in [0.2, 0.25) is 0 Å². The minimum atomic E-state index is -0.990. The summed E-state index contributed by atoms with van der Waals surface area (Å²) in [4.78, 5) is 31.5. The Morgan fingerprint density at radius 2 is 1.71 bits per heavy atom. The van der Waals surface area contributed by atoms with Crippen LogP contribution in [-0.4, -0.2) is 74.4 Å². The second-order valence-electron chi connectivity index (χ2n) is 10.2. The maximum atomic E-state index is 13.3. The molecule has 0 fully saturated rings. The lowest BCUT2D eigenvalue weighted by Gasteiger charge is -2.21. The van der Waals surface area contributed by atoms with Gasteiger partial charge in [0, 0.05) is 23.7 Å². The first kappa shape index (κ1) is 31.7. The summed E-state index contributed by atoms with van der Waals surface area (Å²) < 4.78 is 17.3. The second-order valence-corrected chi connectivity index (χ2v) is 10.6. The number of amides is 1. The molecule has 41 heavy (non-hydrogen) atoms. The van der Waals surface area contributed by atoms with Crippen LogP contribution in [0.2, 0.25) is 5.02 Å². The SMILES string of the molecule is COc1cccc(OC)c1-c1ccc(C(=O)NC(CC(=O)O)C(C)C)nc1-c1ccc(Cl)c(OCCCN(C)C)c1. The number of aromatic nitrogens is 1. The molecule has 0 radical (unpaired) electrons. The Bertz CT molecular complexity index is 1340. The van der Waals surface area contributed by atoms with Crippen LogP contribution in [-0.2, 0) is 4.79 Å². The largest absolute Gasteiger partial charge is 0.496 e. The Morgan fingerprint density at radius 1 is 1.02 bits per heavy atom. The van der Waals surface area contributed by atoms with Crippen LogP contribution in [0.1, 0.15) is 37.2 Å². The van der Waals surface area contributed by atoms with E-state index in [4.69, 9.17) is 30.8 Å². The van der Waals surface area contributed by atoms with Gasteiger partial charge in [0.25, 0.3) is 5.91 Å². The highest BCUT2D eigenvalue weighted by atomic mass is 35.5. The van der Waals surface area contributed by atoms with E-state index >= 15 is 0 Å². The Morgan fingerprint density at radius 3 is 2.29 bits per heavy atom. The number of methoxy groups -OCH3 is 2. The molecule has 1 unspecified atom stereocenters. The minimum absolute atomic E-state index is 0.0879. The number of hydrogen-bond donors (Lipinski definition) is 2. The van der Waals surface area contributed by atoms with Crippen molar-refractivity contribution in [3.63, 3.8) is 0 Å². The highest BCUT2D eigenvalue weighted by molar-refractivity contribution is 6.32. The van der Waals surface area contributed by atoms with Gasteiger partial charge in [-0.15, -0.1) is 0 Å². The molecule has 3 rings (SSSR count). The topological polar surface area (TPSA) is 110 Å². The summed E-state index contributed by atoms with van der Waals surface area (Å²) in [5.41, 5.74) is 2.62. The Balaban J connectivity index is 2.13. The van der Waals surface area contributed by atoms with E-state index in [1.54, 1.807) is 38.5 Å². The molecule has 9 nitrogen and oxygen atoms in total. The van der Waals surface area contributed by atoms with Gasteiger partial charge in [-0.3, -0.25) is 9.59 Å². The number of benzene rings is 2. The van der Waals surface area contributed by atoms with Crippen LogP contribution in [0.4, 0.5) is 0 Å². The predicted molar refractivity (Wildman–Crippen MR) is 160 cm³/mol. The van der Waals surface area contributed by atoms with E-state index in [0.717, 1.165) is 13.0 Å². The zero-order chi connectivity index (χ0) is 30.1. The predicted octanol–water partition coefficient (Wildman–Crippen LogP) is 5.65. The monoisotopic (exact) mass is 583 g/mol. The summed E-state index contributed by atoms with van der Waals surface area (Å²) in [5.74, 6) is 0.0865. The van der Waals surface area contributed by atoms with Crippen LogP contribution >= 0.6 is 11.6 Å².